The second-order valence-corrected chi connectivity index (χ2v) is 4.05. The fourth-order valence-corrected chi connectivity index (χ4v) is 1.98. The minimum absolute atomic E-state index is 0.641. The minimum Gasteiger partial charge on any atom is -0.314 e. The van der Waals surface area contributed by atoms with Crippen molar-refractivity contribution in [3.05, 3.63) is 12.2 Å². The van der Waals surface area contributed by atoms with Crippen molar-refractivity contribution in [3.63, 3.8) is 0 Å². The molecule has 0 rings (SSSR count). The molecule has 0 bridgehead atoms. The van der Waals surface area contributed by atoms with E-state index in [0.29, 0.717) is 6.04 Å². The molecule has 1 atom stereocenters. The maximum Gasteiger partial charge on any atom is 0.0132 e. The predicted octanol–water partition coefficient (Wildman–Crippen LogP) is 3.76. The van der Waals surface area contributed by atoms with Crippen LogP contribution in [0.2, 0.25) is 0 Å². The molecule has 0 heterocycles. The molecule has 1 N–H and O–H groups in total. The Hall–Kier alpha value is -0.300. The van der Waals surface area contributed by atoms with Gasteiger partial charge in [0.1, 0.15) is 0 Å². The van der Waals surface area contributed by atoms with E-state index in [9.17, 15) is 0 Å². The van der Waals surface area contributed by atoms with Gasteiger partial charge in [0.15, 0.2) is 0 Å². The highest BCUT2D eigenvalue weighted by molar-refractivity contribution is 4.97. The summed E-state index contributed by atoms with van der Waals surface area (Å²) in [6.07, 6.45) is 4.80. The lowest BCUT2D eigenvalue weighted by Crippen LogP contribution is -2.36. The van der Waals surface area contributed by atoms with E-state index >= 15 is 0 Å². The van der Waals surface area contributed by atoms with Crippen LogP contribution in [0.3, 0.4) is 0 Å². The van der Waals surface area contributed by atoms with E-state index in [4.69, 9.17) is 0 Å². The van der Waals surface area contributed by atoms with Crippen molar-refractivity contribution < 1.29 is 0 Å². The first-order valence-corrected chi connectivity index (χ1v) is 6.09. The summed E-state index contributed by atoms with van der Waals surface area (Å²) < 4.78 is 0. The average molecular weight is 197 g/mol. The van der Waals surface area contributed by atoms with Crippen LogP contribution in [-0.4, -0.2) is 12.6 Å². The van der Waals surface area contributed by atoms with Gasteiger partial charge < -0.3 is 5.32 Å². The van der Waals surface area contributed by atoms with E-state index < -0.39 is 0 Å². The van der Waals surface area contributed by atoms with Crippen LogP contribution in [0.1, 0.15) is 53.4 Å². The van der Waals surface area contributed by atoms with Gasteiger partial charge in [0, 0.05) is 6.04 Å². The first-order valence-electron chi connectivity index (χ1n) is 6.09. The summed E-state index contributed by atoms with van der Waals surface area (Å²) in [4.78, 5) is 0. The van der Waals surface area contributed by atoms with Crippen LogP contribution in [0.5, 0.6) is 0 Å². The van der Waals surface area contributed by atoms with Crippen LogP contribution >= 0.6 is 0 Å². The lowest BCUT2D eigenvalue weighted by atomic mass is 9.89. The minimum atomic E-state index is 0.641. The Morgan fingerprint density at radius 2 is 1.71 bits per heavy atom. The zero-order valence-electron chi connectivity index (χ0n) is 10.4. The predicted molar refractivity (Wildman–Crippen MR) is 65.6 cm³/mol. The van der Waals surface area contributed by atoms with Crippen LogP contribution in [0, 0.1) is 5.92 Å². The van der Waals surface area contributed by atoms with Crippen LogP contribution in [-0.2, 0) is 0 Å². The number of rotatable bonds is 8. The van der Waals surface area contributed by atoms with E-state index in [1.807, 2.05) is 0 Å². The molecule has 0 saturated carbocycles. The smallest absolute Gasteiger partial charge is 0.0132 e. The molecule has 0 fully saturated rings. The van der Waals surface area contributed by atoms with Gasteiger partial charge in [-0.1, -0.05) is 52.7 Å². The van der Waals surface area contributed by atoms with Crippen molar-refractivity contribution in [2.75, 3.05) is 6.54 Å². The van der Waals surface area contributed by atoms with Crippen molar-refractivity contribution in [1.29, 1.82) is 0 Å². The van der Waals surface area contributed by atoms with Gasteiger partial charge in [0.2, 0.25) is 0 Å². The molecule has 0 aliphatic rings. The van der Waals surface area contributed by atoms with E-state index in [2.05, 4.69) is 39.6 Å². The van der Waals surface area contributed by atoms with Gasteiger partial charge in [-0.2, -0.15) is 0 Å². The Bertz CT molecular complexity index is 147. The third kappa shape index (κ3) is 4.80. The molecular formula is C13H27N. The van der Waals surface area contributed by atoms with Crippen molar-refractivity contribution in [2.45, 2.75) is 59.4 Å². The highest BCUT2D eigenvalue weighted by Gasteiger charge is 2.17. The summed E-state index contributed by atoms with van der Waals surface area (Å²) in [7, 11) is 0. The summed E-state index contributed by atoms with van der Waals surface area (Å²) in [6.45, 7) is 14.1. The first kappa shape index (κ1) is 13.7. The fourth-order valence-electron chi connectivity index (χ4n) is 1.98. The largest absolute Gasteiger partial charge is 0.314 e. The van der Waals surface area contributed by atoms with Crippen LogP contribution in [0.4, 0.5) is 0 Å². The Balaban J connectivity index is 4.17. The van der Waals surface area contributed by atoms with Crippen molar-refractivity contribution in [2.24, 2.45) is 5.92 Å². The molecule has 0 aliphatic carbocycles. The van der Waals surface area contributed by atoms with Crippen LogP contribution < -0.4 is 5.32 Å². The maximum atomic E-state index is 4.11. The van der Waals surface area contributed by atoms with Gasteiger partial charge in [-0.05, 0) is 25.3 Å². The van der Waals surface area contributed by atoms with E-state index in [0.717, 1.165) is 25.3 Å². The third-order valence-corrected chi connectivity index (χ3v) is 3.09. The summed E-state index contributed by atoms with van der Waals surface area (Å²) in [6, 6.07) is 0.641. The number of hydrogen-bond acceptors (Lipinski definition) is 1. The molecule has 14 heavy (non-hydrogen) atoms. The average Bonchev–Trinajstić information content (AvgIpc) is 2.19. The molecule has 1 nitrogen and oxygen atoms in total. The van der Waals surface area contributed by atoms with Crippen molar-refractivity contribution in [3.8, 4) is 0 Å². The number of hydrogen-bond donors (Lipinski definition) is 1. The first-order chi connectivity index (χ1) is 6.69. The maximum absolute atomic E-state index is 4.11. The molecule has 84 valence electrons. The molecular weight excluding hydrogens is 170 g/mol. The summed E-state index contributed by atoms with van der Waals surface area (Å²) in [5, 5.41) is 3.59. The lowest BCUT2D eigenvalue weighted by molar-refractivity contribution is 0.335. The summed E-state index contributed by atoms with van der Waals surface area (Å²) in [5.41, 5.74) is 1.38. The quantitative estimate of drug-likeness (QED) is 0.584. The molecule has 0 aromatic heterocycles. The van der Waals surface area contributed by atoms with Gasteiger partial charge in [-0.15, -0.1) is 0 Å². The Labute approximate surface area is 90.0 Å². The molecule has 0 aromatic carbocycles. The highest BCUT2D eigenvalue weighted by Crippen LogP contribution is 2.19. The van der Waals surface area contributed by atoms with Gasteiger partial charge in [0.05, 0.1) is 0 Å². The standard InChI is InChI=1S/C13H27N/c1-6-11(5)10-13(14-9-4)12(7-2)8-3/h12-14H,5-10H2,1-4H3. The SMILES string of the molecule is C=C(CC)CC(NCC)C(CC)CC. The van der Waals surface area contributed by atoms with Crippen molar-refractivity contribution in [1.82, 2.24) is 5.32 Å². The van der Waals surface area contributed by atoms with Gasteiger partial charge in [-0.3, -0.25) is 0 Å². The van der Waals surface area contributed by atoms with Crippen molar-refractivity contribution >= 4 is 0 Å². The van der Waals surface area contributed by atoms with E-state index in [1.54, 1.807) is 0 Å². The molecule has 1 unspecified atom stereocenters. The molecule has 0 spiro atoms. The van der Waals surface area contributed by atoms with E-state index in [1.165, 1.54) is 18.4 Å². The third-order valence-electron chi connectivity index (χ3n) is 3.09. The Morgan fingerprint density at radius 1 is 1.14 bits per heavy atom. The monoisotopic (exact) mass is 197 g/mol. The number of nitrogens with one attached hydrogen (secondary N) is 1. The van der Waals surface area contributed by atoms with E-state index in [-0.39, 0.29) is 0 Å². The second-order valence-electron chi connectivity index (χ2n) is 4.05. The molecule has 0 aromatic rings. The zero-order chi connectivity index (χ0) is 11.0. The second kappa shape index (κ2) is 8.05. The van der Waals surface area contributed by atoms with Gasteiger partial charge in [0.25, 0.3) is 0 Å². The fraction of sp³-hybridized carbons (Fsp3) is 0.846. The topological polar surface area (TPSA) is 12.0 Å². The van der Waals surface area contributed by atoms with Gasteiger partial charge >= 0.3 is 0 Å². The summed E-state index contributed by atoms with van der Waals surface area (Å²) in [5.74, 6) is 0.804. The lowest BCUT2D eigenvalue weighted by Gasteiger charge is -2.26. The molecule has 0 amide bonds. The Kier molecular flexibility index (Phi) is 7.87. The molecule has 0 aliphatic heterocycles. The Morgan fingerprint density at radius 3 is 2.07 bits per heavy atom. The zero-order valence-corrected chi connectivity index (χ0v) is 10.4. The highest BCUT2D eigenvalue weighted by atomic mass is 14.9. The molecule has 1 heteroatoms. The normalized spacial score (nSPS) is 13.2. The van der Waals surface area contributed by atoms with Crippen LogP contribution in [0.25, 0.3) is 0 Å². The van der Waals surface area contributed by atoms with Crippen LogP contribution in [0.15, 0.2) is 12.2 Å². The molecule has 0 saturated heterocycles. The summed E-state index contributed by atoms with van der Waals surface area (Å²) >= 11 is 0. The molecule has 0 radical (unpaired) electrons. The van der Waals surface area contributed by atoms with Gasteiger partial charge in [-0.25, -0.2) is 0 Å².